The fourth-order valence-corrected chi connectivity index (χ4v) is 8.31. The monoisotopic (exact) mass is 963 g/mol. The molecular formula is C48H43ClFN7O12. The summed E-state index contributed by atoms with van der Waals surface area (Å²) in [5.74, 6) is -4.34. The van der Waals surface area contributed by atoms with Crippen LogP contribution < -0.4 is 30.2 Å². The number of halogens is 2. The van der Waals surface area contributed by atoms with E-state index in [1.165, 1.54) is 44.6 Å². The zero-order valence-corrected chi connectivity index (χ0v) is 37.8. The maximum atomic E-state index is 15.4. The number of fused-ring (bicyclic) bond motifs is 4. The van der Waals surface area contributed by atoms with Crippen LogP contribution in [0.2, 0.25) is 5.02 Å². The van der Waals surface area contributed by atoms with Crippen molar-refractivity contribution in [2.75, 3.05) is 59.1 Å². The lowest BCUT2D eigenvalue weighted by atomic mass is 9.94. The molecular weight excluding hydrogens is 921 g/mol. The van der Waals surface area contributed by atoms with Crippen molar-refractivity contribution in [2.24, 2.45) is 4.99 Å². The number of nitrogens with zero attached hydrogens (tertiary/aromatic N) is 4. The van der Waals surface area contributed by atoms with Gasteiger partial charge in [0.1, 0.15) is 34.7 Å². The van der Waals surface area contributed by atoms with Crippen molar-refractivity contribution in [3.05, 3.63) is 123 Å². The zero-order chi connectivity index (χ0) is 48.8. The summed E-state index contributed by atoms with van der Waals surface area (Å²) in [6.45, 7) is 0.319. The summed E-state index contributed by atoms with van der Waals surface area (Å²) in [5, 5.41) is 18.5. The number of hydrogen-bond donors (Lipinski definition) is 4. The van der Waals surface area contributed by atoms with E-state index in [0.29, 0.717) is 50.1 Å². The molecule has 1 saturated heterocycles. The van der Waals surface area contributed by atoms with Crippen molar-refractivity contribution in [1.82, 2.24) is 25.5 Å². The molecule has 3 aliphatic heterocycles. The normalized spacial score (nSPS) is 15.0. The number of aromatic carboxylic acids is 1. The fraction of sp³-hybridized carbons (Fsp3) is 0.271. The Morgan fingerprint density at radius 1 is 0.884 bits per heavy atom. The van der Waals surface area contributed by atoms with Crippen LogP contribution >= 0.6 is 11.6 Å². The molecule has 0 saturated carbocycles. The lowest BCUT2D eigenvalue weighted by molar-refractivity contribution is -0.136. The van der Waals surface area contributed by atoms with E-state index in [-0.39, 0.29) is 98.5 Å². The van der Waals surface area contributed by atoms with Crippen LogP contribution in [0.15, 0.2) is 77.9 Å². The second-order valence-corrected chi connectivity index (χ2v) is 16.1. The predicted molar refractivity (Wildman–Crippen MR) is 245 cm³/mol. The molecule has 4 heterocycles. The summed E-state index contributed by atoms with van der Waals surface area (Å²) in [6, 6.07) is 16.1. The summed E-state index contributed by atoms with van der Waals surface area (Å²) < 4.78 is 43.3. The molecule has 5 amide bonds. The van der Waals surface area contributed by atoms with Gasteiger partial charge >= 0.3 is 5.97 Å². The van der Waals surface area contributed by atoms with Crippen molar-refractivity contribution >= 4 is 64.5 Å². The molecule has 0 bridgehead atoms. The van der Waals surface area contributed by atoms with Crippen LogP contribution in [0.1, 0.15) is 66.2 Å². The number of rotatable bonds is 19. The first-order chi connectivity index (χ1) is 33.4. The number of aliphatic imine (C=N–C) groups is 1. The maximum Gasteiger partial charge on any atom is 0.339 e. The molecule has 3 aliphatic rings. The second kappa shape index (κ2) is 21.0. The number of aromatic nitrogens is 2. The molecule has 1 fully saturated rings. The first kappa shape index (κ1) is 47.7. The number of carbonyl (C=O) groups excluding carboxylic acids is 5. The van der Waals surface area contributed by atoms with E-state index in [0.717, 1.165) is 4.90 Å². The van der Waals surface area contributed by atoms with Gasteiger partial charge in [-0.2, -0.15) is 0 Å². The van der Waals surface area contributed by atoms with Crippen LogP contribution in [-0.2, 0) is 36.8 Å². The van der Waals surface area contributed by atoms with Gasteiger partial charge < -0.3 is 39.4 Å². The van der Waals surface area contributed by atoms with Crippen molar-refractivity contribution in [3.63, 3.8) is 0 Å². The summed E-state index contributed by atoms with van der Waals surface area (Å²) in [7, 11) is 2.82. The Labute approximate surface area is 397 Å². The maximum absolute atomic E-state index is 15.4. The highest BCUT2D eigenvalue weighted by Crippen LogP contribution is 2.38. The van der Waals surface area contributed by atoms with E-state index in [9.17, 15) is 33.9 Å². The average molecular weight is 964 g/mol. The van der Waals surface area contributed by atoms with Gasteiger partial charge in [-0.15, -0.1) is 0 Å². The van der Waals surface area contributed by atoms with Crippen molar-refractivity contribution in [2.45, 2.75) is 31.8 Å². The Morgan fingerprint density at radius 2 is 1.65 bits per heavy atom. The number of carboxylic acids is 1. The molecule has 356 valence electrons. The lowest BCUT2D eigenvalue weighted by Crippen LogP contribution is -2.54. The predicted octanol–water partition coefficient (Wildman–Crippen LogP) is 4.92. The van der Waals surface area contributed by atoms with Gasteiger partial charge in [0.15, 0.2) is 6.61 Å². The van der Waals surface area contributed by atoms with Crippen LogP contribution in [0, 0.1) is 5.82 Å². The molecule has 8 rings (SSSR count). The number of ether oxygens (including phenoxy) is 5. The molecule has 5 aromatic rings. The van der Waals surface area contributed by atoms with Gasteiger partial charge in [0, 0.05) is 52.6 Å². The highest BCUT2D eigenvalue weighted by Gasteiger charge is 2.46. The molecule has 0 radical (unpaired) electrons. The minimum absolute atomic E-state index is 0.000431. The summed E-state index contributed by atoms with van der Waals surface area (Å²) >= 11 is 6.46. The van der Waals surface area contributed by atoms with Gasteiger partial charge in [0.25, 0.3) is 17.7 Å². The minimum Gasteiger partial charge on any atom is -0.496 e. The topological polar surface area (TPSA) is 246 Å². The fourth-order valence-electron chi connectivity index (χ4n) is 8.14. The molecule has 4 N–H and O–H groups in total. The highest BCUT2D eigenvalue weighted by atomic mass is 35.5. The van der Waals surface area contributed by atoms with Gasteiger partial charge in [-0.3, -0.25) is 39.2 Å². The lowest BCUT2D eigenvalue weighted by Gasteiger charge is -2.27. The van der Waals surface area contributed by atoms with Gasteiger partial charge in [-0.25, -0.2) is 19.2 Å². The quantitative estimate of drug-likeness (QED) is 0.0634. The van der Waals surface area contributed by atoms with E-state index in [4.69, 9.17) is 45.3 Å². The molecule has 1 atom stereocenters. The SMILES string of the molecule is COc1cccc(F)c1C1=NCc2cnc(Nc3cc(CCOCCOCCNC(=O)COc4cccc5c4C(=O)N(C4CCC(=O)NC4=O)C5=O)c(C(=O)O)c(OC)c3)nc2-c2ccc(Cl)cc21. The van der Waals surface area contributed by atoms with Crippen LogP contribution in [0.25, 0.3) is 11.3 Å². The largest absolute Gasteiger partial charge is 0.496 e. The molecule has 1 aromatic heterocycles. The summed E-state index contributed by atoms with van der Waals surface area (Å²) in [5.41, 5.74) is 3.64. The smallest absolute Gasteiger partial charge is 0.339 e. The Bertz CT molecular complexity index is 2930. The Balaban J connectivity index is 0.827. The van der Waals surface area contributed by atoms with Gasteiger partial charge in [0.2, 0.25) is 17.8 Å². The third kappa shape index (κ3) is 10.2. The molecule has 4 aromatic carbocycles. The summed E-state index contributed by atoms with van der Waals surface area (Å²) in [6.07, 6.45) is 1.78. The van der Waals surface area contributed by atoms with Crippen LogP contribution in [0.5, 0.6) is 17.2 Å². The Hall–Kier alpha value is -7.81. The first-order valence-corrected chi connectivity index (χ1v) is 21.9. The Morgan fingerprint density at radius 3 is 2.42 bits per heavy atom. The number of piperidine rings is 1. The molecule has 19 nitrogen and oxygen atoms in total. The van der Waals surface area contributed by atoms with E-state index >= 15 is 4.39 Å². The van der Waals surface area contributed by atoms with E-state index in [1.54, 1.807) is 42.6 Å². The highest BCUT2D eigenvalue weighted by molar-refractivity contribution is 6.32. The first-order valence-electron chi connectivity index (χ1n) is 21.5. The molecule has 1 unspecified atom stereocenters. The van der Waals surface area contributed by atoms with Crippen LogP contribution in [0.4, 0.5) is 16.0 Å². The van der Waals surface area contributed by atoms with Gasteiger partial charge in [-0.05, 0) is 60.9 Å². The van der Waals surface area contributed by atoms with Crippen LogP contribution in [0.3, 0.4) is 0 Å². The zero-order valence-electron chi connectivity index (χ0n) is 37.1. The summed E-state index contributed by atoms with van der Waals surface area (Å²) in [4.78, 5) is 90.2. The third-order valence-electron chi connectivity index (χ3n) is 11.3. The standard InChI is InChI=1S/C48H43ClFN7O12/c1-65-34-7-4-6-32(50)41(34)43-31-20-27(49)9-10-29(31)42-26(22-52-43)23-53-48(56-42)54-28-19-25(39(47(63)64)36(21-28)66-2)13-15-67-17-18-68-16-14-51-38(59)24-69-35-8-3-5-30-40(35)46(62)57(45(30)61)33-11-12-37(58)55-44(33)60/h3-10,19-21,23,33H,11-18,22,24H2,1-2H3,(H,51,59)(H,63,64)(H,53,54,56)(H,55,58,60). The number of imide groups is 2. The number of nitrogens with one attached hydrogen (secondary N) is 3. The Kier molecular flexibility index (Phi) is 14.5. The average Bonchev–Trinajstić information content (AvgIpc) is 3.48. The van der Waals surface area contributed by atoms with Crippen molar-refractivity contribution in [1.29, 1.82) is 0 Å². The number of hydrogen-bond acceptors (Lipinski definition) is 15. The van der Waals surface area contributed by atoms with E-state index < -0.39 is 54.0 Å². The van der Waals surface area contributed by atoms with Crippen molar-refractivity contribution in [3.8, 4) is 28.5 Å². The van der Waals surface area contributed by atoms with E-state index in [1.807, 2.05) is 0 Å². The molecule has 0 aliphatic carbocycles. The van der Waals surface area contributed by atoms with E-state index in [2.05, 4.69) is 20.9 Å². The number of amides is 5. The molecule has 0 spiro atoms. The number of carbonyl (C=O) groups is 6. The molecule has 69 heavy (non-hydrogen) atoms. The van der Waals surface area contributed by atoms with Gasteiger partial charge in [0.05, 0.1) is 75.3 Å². The number of anilines is 2. The third-order valence-corrected chi connectivity index (χ3v) is 11.5. The van der Waals surface area contributed by atoms with Crippen LogP contribution in [-0.4, -0.2) is 121 Å². The number of methoxy groups -OCH3 is 2. The number of benzene rings is 4. The molecule has 21 heteroatoms. The number of carboxylic acid groups (broad SMARTS) is 1. The van der Waals surface area contributed by atoms with Crippen molar-refractivity contribution < 1.29 is 61.9 Å². The second-order valence-electron chi connectivity index (χ2n) is 15.6. The minimum atomic E-state index is -1.20. The van der Waals surface area contributed by atoms with Gasteiger partial charge in [-0.1, -0.05) is 29.8 Å².